The summed E-state index contributed by atoms with van der Waals surface area (Å²) in [7, 11) is 0. The van der Waals surface area contributed by atoms with Gasteiger partial charge in [-0.2, -0.15) is 0 Å². The maximum atomic E-state index is 10.7. The minimum Gasteiger partial charge on any atom is -0.340 e. The monoisotopic (exact) mass is 167 g/mol. The van der Waals surface area contributed by atoms with E-state index in [0.717, 1.165) is 26.2 Å². The number of carbonyl (C=O) groups excluding carboxylic acids is 1. The molecule has 1 aliphatic rings. The van der Waals surface area contributed by atoms with Crippen LogP contribution < -0.4 is 5.32 Å². The number of hydrogen-bond donors (Lipinski definition) is 1. The van der Waals surface area contributed by atoms with Crippen molar-refractivity contribution in [3.8, 4) is 0 Å². The number of rotatable bonds is 0. The van der Waals surface area contributed by atoms with Crippen LogP contribution in [0.25, 0.3) is 0 Å². The van der Waals surface area contributed by atoms with Gasteiger partial charge in [-0.25, -0.2) is 0 Å². The Morgan fingerprint density at radius 1 is 1.40 bits per heavy atom. The molecule has 1 radical (unpaired) electrons. The van der Waals surface area contributed by atoms with Crippen LogP contribution in [0.4, 0.5) is 0 Å². The number of hydrogen-bond acceptors (Lipinski definition) is 2. The van der Waals surface area contributed by atoms with Gasteiger partial charge in [0.05, 0.1) is 0 Å². The van der Waals surface area contributed by atoms with Gasteiger partial charge in [0.1, 0.15) is 0 Å². The molecule has 0 saturated carbocycles. The average molecular weight is 167 g/mol. The van der Waals surface area contributed by atoms with E-state index in [1.54, 1.807) is 6.92 Å². The fourth-order valence-corrected chi connectivity index (χ4v) is 0.980. The van der Waals surface area contributed by atoms with Gasteiger partial charge >= 0.3 is 0 Å². The molecule has 0 unspecified atom stereocenters. The van der Waals surface area contributed by atoms with Crippen molar-refractivity contribution in [2.24, 2.45) is 0 Å². The molecule has 1 fully saturated rings. The molecule has 10 heavy (non-hydrogen) atoms. The summed E-state index contributed by atoms with van der Waals surface area (Å²) in [6.07, 6.45) is 0. The number of nitrogens with zero attached hydrogens (tertiary/aromatic N) is 1. The molecule has 53 valence electrons. The topological polar surface area (TPSA) is 32.3 Å². The van der Waals surface area contributed by atoms with E-state index in [-0.39, 0.29) is 57.3 Å². The normalized spacial score (nSPS) is 17.9. The quantitative estimate of drug-likeness (QED) is 0.472. The van der Waals surface area contributed by atoms with Crippen LogP contribution in [0, 0.1) is 0 Å². The zero-order valence-corrected chi connectivity index (χ0v) is 9.81. The van der Waals surface area contributed by atoms with Crippen LogP contribution in [-0.2, 0) is 4.79 Å². The molecular formula is C6H12KN2O. The van der Waals surface area contributed by atoms with Crippen LogP contribution in [0.3, 0.4) is 0 Å². The molecule has 0 bridgehead atoms. The summed E-state index contributed by atoms with van der Waals surface area (Å²) in [6, 6.07) is 0. The van der Waals surface area contributed by atoms with Crippen molar-refractivity contribution in [1.82, 2.24) is 10.2 Å². The van der Waals surface area contributed by atoms with E-state index in [1.165, 1.54) is 0 Å². The predicted octanol–water partition coefficient (Wildman–Crippen LogP) is -0.943. The van der Waals surface area contributed by atoms with E-state index in [2.05, 4.69) is 5.32 Å². The fourth-order valence-electron chi connectivity index (χ4n) is 0.980. The van der Waals surface area contributed by atoms with Crippen LogP contribution in [0.5, 0.6) is 0 Å². The molecule has 3 nitrogen and oxygen atoms in total. The van der Waals surface area contributed by atoms with Gasteiger partial charge in [0.25, 0.3) is 0 Å². The van der Waals surface area contributed by atoms with Crippen LogP contribution in [0.2, 0.25) is 0 Å². The second-order valence-corrected chi connectivity index (χ2v) is 2.26. The Morgan fingerprint density at radius 3 is 2.20 bits per heavy atom. The first-order valence-corrected chi connectivity index (χ1v) is 3.27. The molecule has 0 aliphatic carbocycles. The van der Waals surface area contributed by atoms with Crippen molar-refractivity contribution in [3.05, 3.63) is 0 Å². The number of nitrogens with one attached hydrogen (secondary N) is 1. The van der Waals surface area contributed by atoms with Gasteiger partial charge in [-0.1, -0.05) is 0 Å². The van der Waals surface area contributed by atoms with Crippen molar-refractivity contribution < 1.29 is 4.79 Å². The average Bonchev–Trinajstić information content (AvgIpc) is 1.90. The summed E-state index contributed by atoms with van der Waals surface area (Å²) in [5, 5.41) is 3.18. The zero-order chi connectivity index (χ0) is 6.69. The van der Waals surface area contributed by atoms with Crippen molar-refractivity contribution in [2.75, 3.05) is 26.2 Å². The maximum absolute atomic E-state index is 10.7. The second-order valence-electron chi connectivity index (χ2n) is 2.26. The van der Waals surface area contributed by atoms with E-state index < -0.39 is 0 Å². The van der Waals surface area contributed by atoms with E-state index in [4.69, 9.17) is 0 Å². The second kappa shape index (κ2) is 5.68. The Bertz CT molecular complexity index is 112. The van der Waals surface area contributed by atoms with Gasteiger partial charge in [-0.3, -0.25) is 4.79 Å². The van der Waals surface area contributed by atoms with Gasteiger partial charge in [0.15, 0.2) is 0 Å². The van der Waals surface area contributed by atoms with Crippen LogP contribution in [0.15, 0.2) is 0 Å². The molecule has 0 atom stereocenters. The Morgan fingerprint density at radius 2 is 1.90 bits per heavy atom. The van der Waals surface area contributed by atoms with Crippen molar-refractivity contribution in [3.63, 3.8) is 0 Å². The fraction of sp³-hybridized carbons (Fsp3) is 0.833. The molecule has 1 amide bonds. The van der Waals surface area contributed by atoms with Gasteiger partial charge in [0, 0.05) is 84.5 Å². The van der Waals surface area contributed by atoms with Gasteiger partial charge in [-0.15, -0.1) is 0 Å². The standard InChI is InChI=1S/C6H12N2O.K/c1-6(9)8-4-2-7-3-5-8;/h7H,2-5H2,1H3;. The van der Waals surface area contributed by atoms with E-state index >= 15 is 0 Å². The smallest absolute Gasteiger partial charge is 0.219 e. The van der Waals surface area contributed by atoms with Crippen molar-refractivity contribution in [2.45, 2.75) is 6.92 Å². The number of amides is 1. The molecular weight excluding hydrogens is 155 g/mol. The van der Waals surface area contributed by atoms with Crippen LogP contribution in [0.1, 0.15) is 6.92 Å². The molecule has 1 saturated heterocycles. The molecule has 0 spiro atoms. The van der Waals surface area contributed by atoms with Gasteiger partial charge in [0.2, 0.25) is 5.91 Å². The Kier molecular flexibility index (Phi) is 6.29. The number of piperazine rings is 1. The third-order valence-electron chi connectivity index (χ3n) is 1.56. The third-order valence-corrected chi connectivity index (χ3v) is 1.56. The van der Waals surface area contributed by atoms with Crippen molar-refractivity contribution in [1.29, 1.82) is 0 Å². The molecule has 0 aromatic heterocycles. The molecule has 1 rings (SSSR count). The molecule has 1 N–H and O–H groups in total. The first-order chi connectivity index (χ1) is 4.30. The van der Waals surface area contributed by atoms with Crippen molar-refractivity contribution >= 4 is 57.3 Å². The van der Waals surface area contributed by atoms with Crippen LogP contribution >= 0.6 is 0 Å². The maximum Gasteiger partial charge on any atom is 0.219 e. The first-order valence-electron chi connectivity index (χ1n) is 3.27. The molecule has 0 aromatic rings. The SMILES string of the molecule is CC(=O)N1CCNCC1.[K]. The molecule has 1 aliphatic heterocycles. The summed E-state index contributed by atoms with van der Waals surface area (Å²) in [6.45, 7) is 5.25. The minimum atomic E-state index is 0. The molecule has 1 heterocycles. The summed E-state index contributed by atoms with van der Waals surface area (Å²) < 4.78 is 0. The first kappa shape index (κ1) is 11.1. The summed E-state index contributed by atoms with van der Waals surface area (Å²) in [4.78, 5) is 12.6. The van der Waals surface area contributed by atoms with E-state index in [1.807, 2.05) is 4.90 Å². The predicted molar refractivity (Wildman–Crippen MR) is 40.9 cm³/mol. The Balaban J connectivity index is 0.000000810. The minimum absolute atomic E-state index is 0. The summed E-state index contributed by atoms with van der Waals surface area (Å²) in [5.74, 6) is 0.191. The summed E-state index contributed by atoms with van der Waals surface area (Å²) in [5.41, 5.74) is 0. The zero-order valence-electron chi connectivity index (χ0n) is 6.68. The molecule has 4 heteroatoms. The number of carbonyl (C=O) groups is 1. The van der Waals surface area contributed by atoms with E-state index in [0.29, 0.717) is 0 Å². The third kappa shape index (κ3) is 3.46. The van der Waals surface area contributed by atoms with Gasteiger partial charge in [-0.05, 0) is 0 Å². The Hall–Kier alpha value is 1.07. The largest absolute Gasteiger partial charge is 0.340 e. The van der Waals surface area contributed by atoms with E-state index in [9.17, 15) is 4.79 Å². The summed E-state index contributed by atoms with van der Waals surface area (Å²) >= 11 is 0. The molecule has 0 aromatic carbocycles. The van der Waals surface area contributed by atoms with Gasteiger partial charge < -0.3 is 10.2 Å². The van der Waals surface area contributed by atoms with Crippen LogP contribution in [-0.4, -0.2) is 88.4 Å². The Labute approximate surface area is 104 Å².